The van der Waals surface area contributed by atoms with Crippen LogP contribution >= 0.6 is 46.4 Å². The van der Waals surface area contributed by atoms with E-state index >= 15 is 0 Å². The Morgan fingerprint density at radius 2 is 1.43 bits per heavy atom. The van der Waals surface area contributed by atoms with Gasteiger partial charge in [0.2, 0.25) is 11.8 Å². The van der Waals surface area contributed by atoms with Crippen LogP contribution in [0.3, 0.4) is 0 Å². The fourth-order valence-corrected chi connectivity index (χ4v) is 3.45. The highest BCUT2D eigenvalue weighted by molar-refractivity contribution is 6.42. The molecule has 2 atom stereocenters. The Morgan fingerprint density at radius 3 is 1.97 bits per heavy atom. The molecule has 2 rings (SSSR count). The van der Waals surface area contributed by atoms with E-state index in [1.807, 2.05) is 13.8 Å². The van der Waals surface area contributed by atoms with Crippen LogP contribution in [0, 0.1) is 0 Å². The van der Waals surface area contributed by atoms with Gasteiger partial charge in [-0.05, 0) is 55.7 Å². The second-order valence-corrected chi connectivity index (χ2v) is 8.82. The molecule has 0 aliphatic rings. The van der Waals surface area contributed by atoms with E-state index in [9.17, 15) is 9.59 Å². The van der Waals surface area contributed by atoms with Gasteiger partial charge in [0.1, 0.15) is 6.04 Å². The number of nitrogens with one attached hydrogen (secondary N) is 1. The van der Waals surface area contributed by atoms with E-state index in [0.29, 0.717) is 25.7 Å². The second-order valence-electron chi connectivity index (χ2n) is 7.19. The van der Waals surface area contributed by atoms with E-state index in [0.717, 1.165) is 12.0 Å². The molecule has 0 aromatic heterocycles. The minimum Gasteiger partial charge on any atom is -0.352 e. The third-order valence-electron chi connectivity index (χ3n) is 4.84. The van der Waals surface area contributed by atoms with Gasteiger partial charge in [0.25, 0.3) is 0 Å². The Bertz CT molecular complexity index is 920. The summed E-state index contributed by atoms with van der Waals surface area (Å²) < 4.78 is 0. The van der Waals surface area contributed by atoms with Crippen LogP contribution in [0.4, 0.5) is 0 Å². The van der Waals surface area contributed by atoms with Crippen LogP contribution in [0.2, 0.25) is 20.1 Å². The van der Waals surface area contributed by atoms with Gasteiger partial charge in [0.05, 0.1) is 26.5 Å². The SMILES string of the molecule is CC[C@@H](C)NC(=O)[C@@H](C)N(Cc1ccc(Cl)c(Cl)c1)C(=O)Cc1ccc(Cl)c(Cl)c1. The Hall–Kier alpha value is -1.46. The van der Waals surface area contributed by atoms with Gasteiger partial charge >= 0.3 is 0 Å². The topological polar surface area (TPSA) is 49.4 Å². The third-order valence-corrected chi connectivity index (χ3v) is 6.32. The maximum atomic E-state index is 13.2. The number of amides is 2. The van der Waals surface area contributed by atoms with Crippen molar-refractivity contribution >= 4 is 58.2 Å². The van der Waals surface area contributed by atoms with Gasteiger partial charge in [0, 0.05) is 12.6 Å². The fraction of sp³-hybridized carbons (Fsp3) is 0.364. The van der Waals surface area contributed by atoms with Gasteiger partial charge in [0.15, 0.2) is 0 Å². The molecule has 0 aliphatic carbocycles. The van der Waals surface area contributed by atoms with Crippen molar-refractivity contribution in [2.24, 2.45) is 0 Å². The Kier molecular flexibility index (Phi) is 9.30. The highest BCUT2D eigenvalue weighted by Crippen LogP contribution is 2.25. The molecule has 0 heterocycles. The molecule has 1 N–H and O–H groups in total. The number of rotatable bonds is 8. The average Bonchev–Trinajstić information content (AvgIpc) is 2.70. The van der Waals surface area contributed by atoms with Gasteiger partial charge in [-0.25, -0.2) is 0 Å². The summed E-state index contributed by atoms with van der Waals surface area (Å²) in [6, 6.07) is 9.53. The van der Waals surface area contributed by atoms with Gasteiger partial charge < -0.3 is 10.2 Å². The van der Waals surface area contributed by atoms with E-state index in [1.54, 1.807) is 43.3 Å². The number of carbonyl (C=O) groups excluding carboxylic acids is 2. The molecule has 0 bridgehead atoms. The Balaban J connectivity index is 2.28. The summed E-state index contributed by atoms with van der Waals surface area (Å²) >= 11 is 24.2. The smallest absolute Gasteiger partial charge is 0.242 e. The lowest BCUT2D eigenvalue weighted by molar-refractivity contribution is -0.140. The molecule has 4 nitrogen and oxygen atoms in total. The van der Waals surface area contributed by atoms with Crippen LogP contribution in [0.25, 0.3) is 0 Å². The zero-order chi connectivity index (χ0) is 22.4. The van der Waals surface area contributed by atoms with Crippen molar-refractivity contribution in [3.63, 3.8) is 0 Å². The van der Waals surface area contributed by atoms with Crippen molar-refractivity contribution in [3.05, 3.63) is 67.6 Å². The Morgan fingerprint density at radius 1 is 0.900 bits per heavy atom. The molecule has 0 saturated carbocycles. The van der Waals surface area contributed by atoms with E-state index < -0.39 is 6.04 Å². The van der Waals surface area contributed by atoms with Crippen LogP contribution < -0.4 is 5.32 Å². The highest BCUT2D eigenvalue weighted by Gasteiger charge is 2.27. The number of halogens is 4. The second kappa shape index (κ2) is 11.2. The van der Waals surface area contributed by atoms with Crippen LogP contribution in [0.1, 0.15) is 38.3 Å². The summed E-state index contributed by atoms with van der Waals surface area (Å²) in [5, 5.41) is 4.55. The lowest BCUT2D eigenvalue weighted by atomic mass is 10.1. The van der Waals surface area contributed by atoms with Crippen molar-refractivity contribution < 1.29 is 9.59 Å². The monoisotopic (exact) mass is 488 g/mol. The van der Waals surface area contributed by atoms with Crippen LogP contribution in [0.5, 0.6) is 0 Å². The van der Waals surface area contributed by atoms with Crippen LogP contribution in [-0.4, -0.2) is 28.8 Å². The number of hydrogen-bond donors (Lipinski definition) is 1. The average molecular weight is 490 g/mol. The van der Waals surface area contributed by atoms with Gasteiger partial charge in [-0.3, -0.25) is 9.59 Å². The molecule has 0 aliphatic heterocycles. The molecular formula is C22H24Cl4N2O2. The predicted molar refractivity (Wildman–Crippen MR) is 125 cm³/mol. The summed E-state index contributed by atoms with van der Waals surface area (Å²) in [5.41, 5.74) is 1.48. The summed E-state index contributed by atoms with van der Waals surface area (Å²) in [4.78, 5) is 27.4. The molecule has 0 saturated heterocycles. The molecular weight excluding hydrogens is 466 g/mol. The summed E-state index contributed by atoms with van der Waals surface area (Å²) in [6.07, 6.45) is 0.877. The summed E-state index contributed by atoms with van der Waals surface area (Å²) in [5.74, 6) is -0.432. The van der Waals surface area contributed by atoms with Gasteiger partial charge in [-0.2, -0.15) is 0 Å². The molecule has 162 valence electrons. The fourth-order valence-electron chi connectivity index (χ4n) is 2.81. The standard InChI is InChI=1S/C22H24Cl4N2O2/c1-4-13(2)27-22(30)14(3)28(12-16-6-8-18(24)20(26)10-16)21(29)11-15-5-7-17(23)19(25)9-15/h5-10,13-14H,4,11-12H2,1-3H3,(H,27,30)/t13-,14-/m1/s1. The molecule has 2 aromatic carbocycles. The molecule has 2 amide bonds. The van der Waals surface area contributed by atoms with E-state index in [2.05, 4.69) is 5.32 Å². The number of hydrogen-bond acceptors (Lipinski definition) is 2. The first-order valence-electron chi connectivity index (χ1n) is 9.60. The lowest BCUT2D eigenvalue weighted by Crippen LogP contribution is -2.49. The molecule has 30 heavy (non-hydrogen) atoms. The quantitative estimate of drug-likeness (QED) is 0.481. The molecule has 2 aromatic rings. The third kappa shape index (κ3) is 6.78. The first-order chi connectivity index (χ1) is 14.1. The zero-order valence-corrected chi connectivity index (χ0v) is 20.0. The molecule has 0 unspecified atom stereocenters. The molecule has 0 fully saturated rings. The minimum absolute atomic E-state index is 0.0111. The summed E-state index contributed by atoms with van der Waals surface area (Å²) in [6.45, 7) is 5.83. The van der Waals surface area contributed by atoms with Gasteiger partial charge in [-0.1, -0.05) is 65.5 Å². The van der Waals surface area contributed by atoms with Crippen molar-refractivity contribution in [2.45, 2.75) is 52.2 Å². The van der Waals surface area contributed by atoms with Crippen LogP contribution in [-0.2, 0) is 22.6 Å². The molecule has 8 heteroatoms. The van der Waals surface area contributed by atoms with Crippen LogP contribution in [0.15, 0.2) is 36.4 Å². The zero-order valence-electron chi connectivity index (χ0n) is 17.0. The normalized spacial score (nSPS) is 12.9. The first kappa shape index (κ1) is 24.8. The predicted octanol–water partition coefficient (Wildman–Crippen LogP) is 6.17. The first-order valence-corrected chi connectivity index (χ1v) is 11.1. The lowest BCUT2D eigenvalue weighted by Gasteiger charge is -2.30. The van der Waals surface area contributed by atoms with E-state index in [-0.39, 0.29) is 30.8 Å². The van der Waals surface area contributed by atoms with Crippen molar-refractivity contribution in [3.8, 4) is 0 Å². The van der Waals surface area contributed by atoms with Crippen molar-refractivity contribution in [1.82, 2.24) is 10.2 Å². The van der Waals surface area contributed by atoms with Gasteiger partial charge in [-0.15, -0.1) is 0 Å². The van der Waals surface area contributed by atoms with E-state index in [1.165, 1.54) is 4.90 Å². The van der Waals surface area contributed by atoms with Crippen molar-refractivity contribution in [2.75, 3.05) is 0 Å². The maximum absolute atomic E-state index is 13.2. The maximum Gasteiger partial charge on any atom is 0.242 e. The number of nitrogens with zero attached hydrogens (tertiary/aromatic N) is 1. The molecule has 0 radical (unpaired) electrons. The largest absolute Gasteiger partial charge is 0.352 e. The number of carbonyl (C=O) groups is 2. The highest BCUT2D eigenvalue weighted by atomic mass is 35.5. The van der Waals surface area contributed by atoms with Crippen molar-refractivity contribution in [1.29, 1.82) is 0 Å². The molecule has 0 spiro atoms. The minimum atomic E-state index is -0.677. The van der Waals surface area contributed by atoms with E-state index in [4.69, 9.17) is 46.4 Å². The number of benzene rings is 2. The summed E-state index contributed by atoms with van der Waals surface area (Å²) in [7, 11) is 0. The Labute approximate surface area is 197 Å².